The summed E-state index contributed by atoms with van der Waals surface area (Å²) in [5, 5.41) is 0. The average Bonchev–Trinajstić information content (AvgIpc) is 2.81. The molecule has 0 aromatic carbocycles. The topological polar surface area (TPSA) is 68.2 Å². The summed E-state index contributed by atoms with van der Waals surface area (Å²) in [6.07, 6.45) is 8.30. The van der Waals surface area contributed by atoms with Gasteiger partial charge >= 0.3 is 0 Å². The van der Waals surface area contributed by atoms with Crippen LogP contribution in [0.25, 0.3) is 11.3 Å². The van der Waals surface area contributed by atoms with Gasteiger partial charge in [-0.25, -0.2) is 4.98 Å². The molecule has 5 heterocycles. The van der Waals surface area contributed by atoms with Gasteiger partial charge in [0.1, 0.15) is 11.8 Å². The van der Waals surface area contributed by atoms with E-state index in [2.05, 4.69) is 15.0 Å². The maximum Gasteiger partial charge on any atom is 0.273 e. The molecule has 1 aliphatic carbocycles. The molecule has 158 valence electrons. The molecule has 3 fully saturated rings. The third-order valence-corrected chi connectivity index (χ3v) is 6.31. The number of carbonyl (C=O) groups excluding carboxylic acids is 1. The van der Waals surface area contributed by atoms with Gasteiger partial charge < -0.3 is 9.64 Å². The van der Waals surface area contributed by atoms with Crippen LogP contribution in [0.4, 0.5) is 0 Å². The molecule has 1 amide bonds. The number of fused-ring (bicyclic) bond motifs is 3. The van der Waals surface area contributed by atoms with Crippen LogP contribution in [0, 0.1) is 19.8 Å². The Hall–Kier alpha value is -3.28. The second kappa shape index (κ2) is 8.10. The van der Waals surface area contributed by atoms with Crippen molar-refractivity contribution < 1.29 is 9.53 Å². The second-order valence-corrected chi connectivity index (χ2v) is 8.66. The summed E-state index contributed by atoms with van der Waals surface area (Å²) in [4.78, 5) is 29.1. The Morgan fingerprint density at radius 2 is 1.90 bits per heavy atom. The number of aryl methyl sites for hydroxylation is 2. The predicted octanol–water partition coefficient (Wildman–Crippen LogP) is 4.23. The molecule has 3 unspecified atom stereocenters. The molecule has 3 aromatic rings. The summed E-state index contributed by atoms with van der Waals surface area (Å²) >= 11 is 0. The Morgan fingerprint density at radius 1 is 1.03 bits per heavy atom. The molecule has 3 aromatic heterocycles. The van der Waals surface area contributed by atoms with Crippen molar-refractivity contribution in [2.24, 2.45) is 5.92 Å². The zero-order chi connectivity index (χ0) is 21.4. The lowest BCUT2D eigenvalue weighted by atomic mass is 9.77. The van der Waals surface area contributed by atoms with Crippen LogP contribution in [0.3, 0.4) is 0 Å². The molecule has 2 aliphatic heterocycles. The zero-order valence-corrected chi connectivity index (χ0v) is 17.9. The third-order valence-electron chi connectivity index (χ3n) is 6.31. The van der Waals surface area contributed by atoms with Gasteiger partial charge in [0.25, 0.3) is 5.91 Å². The summed E-state index contributed by atoms with van der Waals surface area (Å²) in [6, 6.07) is 11.7. The quantitative estimate of drug-likeness (QED) is 0.639. The Kier molecular flexibility index (Phi) is 5.14. The number of hydrogen-bond donors (Lipinski definition) is 0. The Morgan fingerprint density at radius 3 is 2.65 bits per heavy atom. The second-order valence-electron chi connectivity index (χ2n) is 8.66. The highest BCUT2D eigenvalue weighted by Gasteiger charge is 2.45. The van der Waals surface area contributed by atoms with Gasteiger partial charge in [-0.05, 0) is 68.4 Å². The highest BCUT2D eigenvalue weighted by molar-refractivity contribution is 5.99. The first-order chi connectivity index (χ1) is 15.1. The smallest absolute Gasteiger partial charge is 0.273 e. The molecule has 6 nitrogen and oxygen atoms in total. The standard InChI is InChI=1S/C25H26N4O2/c1-16-6-9-23(27-13-16)31-22-12-18-7-8-21(22)29(15-18)25(30)24-19(11-17(2)14-28-24)20-5-3-4-10-26-20/h3-6,9-11,13-14,18,21-22H,7-8,12,15H2,1-2H3. The SMILES string of the molecule is Cc1ccc(OC2CC3CCC2N(C(=O)c2ncc(C)cc2-c2ccccn2)C3)nc1. The molecule has 2 bridgehead atoms. The van der Waals surface area contributed by atoms with E-state index in [1.807, 2.05) is 61.3 Å². The fourth-order valence-corrected chi connectivity index (χ4v) is 4.76. The minimum Gasteiger partial charge on any atom is -0.472 e. The maximum absolute atomic E-state index is 13.7. The Labute approximate surface area is 182 Å². The van der Waals surface area contributed by atoms with Crippen molar-refractivity contribution in [2.75, 3.05) is 6.54 Å². The number of hydrogen-bond acceptors (Lipinski definition) is 5. The van der Waals surface area contributed by atoms with Crippen LogP contribution in [0.15, 0.2) is 55.0 Å². The van der Waals surface area contributed by atoms with Crippen molar-refractivity contribution in [1.29, 1.82) is 0 Å². The van der Waals surface area contributed by atoms with E-state index < -0.39 is 0 Å². The van der Waals surface area contributed by atoms with Gasteiger partial charge in [0.15, 0.2) is 0 Å². The fourth-order valence-electron chi connectivity index (χ4n) is 4.76. The van der Waals surface area contributed by atoms with Crippen LogP contribution in [-0.4, -0.2) is 44.4 Å². The van der Waals surface area contributed by atoms with Crippen LogP contribution in [0.2, 0.25) is 0 Å². The first-order valence-electron chi connectivity index (χ1n) is 10.9. The van der Waals surface area contributed by atoms with Gasteiger partial charge in [-0.1, -0.05) is 12.1 Å². The molecular weight excluding hydrogens is 388 g/mol. The monoisotopic (exact) mass is 414 g/mol. The summed E-state index contributed by atoms with van der Waals surface area (Å²) < 4.78 is 6.26. The zero-order valence-electron chi connectivity index (χ0n) is 17.9. The van der Waals surface area contributed by atoms with E-state index in [1.54, 1.807) is 12.4 Å². The highest BCUT2D eigenvalue weighted by Crippen LogP contribution is 2.38. The van der Waals surface area contributed by atoms with Gasteiger partial charge in [-0.3, -0.25) is 14.8 Å². The third kappa shape index (κ3) is 3.90. The number of aromatic nitrogens is 3. The van der Waals surface area contributed by atoms with Gasteiger partial charge in [-0.15, -0.1) is 0 Å². The van der Waals surface area contributed by atoms with Gasteiger partial charge in [0, 0.05) is 36.8 Å². The number of carbonyl (C=O) groups is 1. The summed E-state index contributed by atoms with van der Waals surface area (Å²) in [7, 11) is 0. The van der Waals surface area contributed by atoms with Crippen LogP contribution in [0.1, 0.15) is 40.9 Å². The lowest BCUT2D eigenvalue weighted by molar-refractivity contribution is -0.0315. The van der Waals surface area contributed by atoms with Crippen molar-refractivity contribution in [1.82, 2.24) is 19.9 Å². The molecule has 31 heavy (non-hydrogen) atoms. The van der Waals surface area contributed by atoms with E-state index in [4.69, 9.17) is 4.74 Å². The number of piperidine rings is 2. The average molecular weight is 415 g/mol. The largest absolute Gasteiger partial charge is 0.472 e. The van der Waals surface area contributed by atoms with Gasteiger partial charge in [0.05, 0.1) is 11.7 Å². The summed E-state index contributed by atoms with van der Waals surface area (Å²) in [5.74, 6) is 1.02. The van der Waals surface area contributed by atoms with E-state index >= 15 is 0 Å². The molecule has 0 N–H and O–H groups in total. The van der Waals surface area contributed by atoms with Crippen molar-refractivity contribution in [3.05, 3.63) is 71.8 Å². The van der Waals surface area contributed by atoms with E-state index in [9.17, 15) is 4.79 Å². The van der Waals surface area contributed by atoms with Crippen LogP contribution < -0.4 is 4.74 Å². The lowest BCUT2D eigenvalue weighted by Crippen LogP contribution is -2.59. The first kappa shape index (κ1) is 19.7. The van der Waals surface area contributed by atoms with Crippen molar-refractivity contribution in [3.63, 3.8) is 0 Å². The minimum absolute atomic E-state index is 0.0280. The van der Waals surface area contributed by atoms with E-state index in [-0.39, 0.29) is 18.1 Å². The van der Waals surface area contributed by atoms with E-state index in [0.29, 0.717) is 17.5 Å². The summed E-state index contributed by atoms with van der Waals surface area (Å²) in [6.45, 7) is 4.74. The Bertz CT molecular complexity index is 1080. The van der Waals surface area contributed by atoms with Crippen molar-refractivity contribution in [2.45, 2.75) is 45.3 Å². The number of ether oxygens (including phenoxy) is 1. The molecule has 6 rings (SSSR count). The van der Waals surface area contributed by atoms with E-state index in [0.717, 1.165) is 48.2 Å². The van der Waals surface area contributed by atoms with Gasteiger partial charge in [-0.2, -0.15) is 0 Å². The van der Waals surface area contributed by atoms with Crippen LogP contribution in [-0.2, 0) is 0 Å². The Balaban J connectivity index is 1.44. The van der Waals surface area contributed by atoms with Crippen molar-refractivity contribution >= 4 is 5.91 Å². The van der Waals surface area contributed by atoms with Gasteiger partial charge in [0.2, 0.25) is 5.88 Å². The normalized spacial score (nSPS) is 22.4. The first-order valence-corrected chi connectivity index (χ1v) is 10.9. The maximum atomic E-state index is 13.7. The number of nitrogens with zero attached hydrogens (tertiary/aromatic N) is 4. The lowest BCUT2D eigenvalue weighted by Gasteiger charge is -2.49. The van der Waals surface area contributed by atoms with Crippen LogP contribution in [0.5, 0.6) is 5.88 Å². The molecule has 0 radical (unpaired) electrons. The number of rotatable bonds is 4. The molecule has 2 saturated heterocycles. The predicted molar refractivity (Wildman–Crippen MR) is 118 cm³/mol. The van der Waals surface area contributed by atoms with Crippen LogP contribution >= 0.6 is 0 Å². The number of amides is 1. The molecule has 3 aliphatic rings. The highest BCUT2D eigenvalue weighted by atomic mass is 16.5. The van der Waals surface area contributed by atoms with E-state index in [1.165, 1.54) is 0 Å². The van der Waals surface area contributed by atoms with Crippen molar-refractivity contribution in [3.8, 4) is 17.1 Å². The molecule has 0 spiro atoms. The molecular formula is C25H26N4O2. The molecule has 3 atom stereocenters. The fraction of sp³-hybridized carbons (Fsp3) is 0.360. The molecule has 1 saturated carbocycles. The summed E-state index contributed by atoms with van der Waals surface area (Å²) in [5.41, 5.74) is 4.11. The minimum atomic E-state index is -0.0459. The number of pyridine rings is 3. The molecule has 6 heteroatoms.